The number of rotatable bonds is 7. The molecule has 1 heterocycles. The number of benzene rings is 2. The number of hydrogen-bond acceptors (Lipinski definition) is 3. The number of carbonyl (C=O) groups excluding carboxylic acids is 1. The molecule has 0 aromatic heterocycles. The number of amides is 2. The fourth-order valence-electron chi connectivity index (χ4n) is 3.24. The number of piperazine rings is 1. The lowest BCUT2D eigenvalue weighted by atomic mass is 10.1. The number of anilines is 1. The van der Waals surface area contributed by atoms with Crippen molar-refractivity contribution in [2.75, 3.05) is 50.7 Å². The van der Waals surface area contributed by atoms with Gasteiger partial charge in [-0.05, 0) is 36.2 Å². The SMILES string of the molecule is O=C(NCCc1ccccc1)NCCN1CCN(c2ccc(Cl)cc2)CC1. The standard InChI is InChI=1S/C21H27ClN4O/c22-19-6-8-20(9-7-19)26-16-14-25(15-17-26)13-12-24-21(27)23-11-10-18-4-2-1-3-5-18/h1-9H,10-17H2,(H2,23,24,27). The summed E-state index contributed by atoms with van der Waals surface area (Å²) < 4.78 is 0. The van der Waals surface area contributed by atoms with Crippen LogP contribution in [0.15, 0.2) is 54.6 Å². The Kier molecular flexibility index (Phi) is 7.36. The second kappa shape index (κ2) is 10.2. The maximum absolute atomic E-state index is 11.9. The predicted octanol–water partition coefficient (Wildman–Crippen LogP) is 3.00. The molecular weight excluding hydrogens is 360 g/mol. The third-order valence-corrected chi connectivity index (χ3v) is 5.07. The van der Waals surface area contributed by atoms with E-state index in [1.54, 1.807) is 0 Å². The van der Waals surface area contributed by atoms with Crippen molar-refractivity contribution in [3.63, 3.8) is 0 Å². The molecule has 0 spiro atoms. The van der Waals surface area contributed by atoms with Crippen LogP contribution in [0, 0.1) is 0 Å². The number of nitrogens with one attached hydrogen (secondary N) is 2. The van der Waals surface area contributed by atoms with E-state index in [1.165, 1.54) is 11.3 Å². The van der Waals surface area contributed by atoms with E-state index in [9.17, 15) is 4.79 Å². The molecular formula is C21H27ClN4O. The largest absolute Gasteiger partial charge is 0.369 e. The van der Waals surface area contributed by atoms with Crippen LogP contribution in [0.1, 0.15) is 5.56 Å². The van der Waals surface area contributed by atoms with Crippen molar-refractivity contribution < 1.29 is 4.79 Å². The number of hydrogen-bond donors (Lipinski definition) is 2. The number of carbonyl (C=O) groups is 1. The third-order valence-electron chi connectivity index (χ3n) is 4.82. The highest BCUT2D eigenvalue weighted by Gasteiger charge is 2.16. The van der Waals surface area contributed by atoms with Crippen LogP contribution in [0.3, 0.4) is 0 Å². The summed E-state index contributed by atoms with van der Waals surface area (Å²) in [5, 5.41) is 6.63. The topological polar surface area (TPSA) is 47.6 Å². The van der Waals surface area contributed by atoms with E-state index in [1.807, 2.05) is 30.3 Å². The summed E-state index contributed by atoms with van der Waals surface area (Å²) in [5.74, 6) is 0. The summed E-state index contributed by atoms with van der Waals surface area (Å²) in [5.41, 5.74) is 2.45. The lowest BCUT2D eigenvalue weighted by molar-refractivity contribution is 0.232. The van der Waals surface area contributed by atoms with Gasteiger partial charge in [-0.25, -0.2) is 4.79 Å². The van der Waals surface area contributed by atoms with E-state index in [-0.39, 0.29) is 6.03 Å². The fraction of sp³-hybridized carbons (Fsp3) is 0.381. The van der Waals surface area contributed by atoms with Gasteiger partial charge in [-0.3, -0.25) is 4.90 Å². The van der Waals surface area contributed by atoms with Gasteiger partial charge in [-0.1, -0.05) is 41.9 Å². The quantitative estimate of drug-likeness (QED) is 0.769. The van der Waals surface area contributed by atoms with Crippen molar-refractivity contribution in [1.29, 1.82) is 0 Å². The number of nitrogens with zero attached hydrogens (tertiary/aromatic N) is 2. The Hall–Kier alpha value is -2.24. The number of urea groups is 1. The van der Waals surface area contributed by atoms with Crippen LogP contribution in [0.4, 0.5) is 10.5 Å². The summed E-state index contributed by atoms with van der Waals surface area (Å²) >= 11 is 5.95. The highest BCUT2D eigenvalue weighted by Crippen LogP contribution is 2.19. The van der Waals surface area contributed by atoms with Gasteiger partial charge in [0.1, 0.15) is 0 Å². The van der Waals surface area contributed by atoms with Crippen LogP contribution >= 0.6 is 11.6 Å². The van der Waals surface area contributed by atoms with Crippen LogP contribution in [0.25, 0.3) is 0 Å². The van der Waals surface area contributed by atoms with Crippen LogP contribution < -0.4 is 15.5 Å². The summed E-state index contributed by atoms with van der Waals surface area (Å²) in [4.78, 5) is 16.6. The summed E-state index contributed by atoms with van der Waals surface area (Å²) in [6, 6.07) is 18.1. The van der Waals surface area contributed by atoms with Gasteiger partial charge in [0, 0.05) is 56.5 Å². The van der Waals surface area contributed by atoms with Crippen molar-refractivity contribution in [2.24, 2.45) is 0 Å². The Morgan fingerprint density at radius 1 is 0.889 bits per heavy atom. The molecule has 2 amide bonds. The van der Waals surface area contributed by atoms with Crippen molar-refractivity contribution in [3.8, 4) is 0 Å². The Labute approximate surface area is 166 Å². The van der Waals surface area contributed by atoms with Gasteiger partial charge in [-0.15, -0.1) is 0 Å². The van der Waals surface area contributed by atoms with Gasteiger partial charge in [-0.2, -0.15) is 0 Å². The highest BCUT2D eigenvalue weighted by atomic mass is 35.5. The van der Waals surface area contributed by atoms with Crippen LogP contribution in [0.2, 0.25) is 5.02 Å². The molecule has 1 aliphatic rings. The summed E-state index contributed by atoms with van der Waals surface area (Å²) in [6.07, 6.45) is 0.848. The highest BCUT2D eigenvalue weighted by molar-refractivity contribution is 6.30. The van der Waals surface area contributed by atoms with Gasteiger partial charge in [0.25, 0.3) is 0 Å². The Morgan fingerprint density at radius 2 is 1.56 bits per heavy atom. The molecule has 1 saturated heterocycles. The van der Waals surface area contributed by atoms with E-state index >= 15 is 0 Å². The average Bonchev–Trinajstić information content (AvgIpc) is 2.70. The molecule has 5 nitrogen and oxygen atoms in total. The maximum Gasteiger partial charge on any atom is 0.314 e. The first-order valence-electron chi connectivity index (χ1n) is 9.49. The van der Waals surface area contributed by atoms with E-state index in [4.69, 9.17) is 11.6 Å². The molecule has 27 heavy (non-hydrogen) atoms. The van der Waals surface area contributed by atoms with Crippen LogP contribution in [-0.4, -0.2) is 56.7 Å². The lowest BCUT2D eigenvalue weighted by Crippen LogP contribution is -2.49. The van der Waals surface area contributed by atoms with Crippen LogP contribution in [-0.2, 0) is 6.42 Å². The average molecular weight is 387 g/mol. The minimum absolute atomic E-state index is 0.0919. The molecule has 0 atom stereocenters. The lowest BCUT2D eigenvalue weighted by Gasteiger charge is -2.36. The molecule has 2 aromatic carbocycles. The summed E-state index contributed by atoms with van der Waals surface area (Å²) in [6.45, 7) is 6.17. The second-order valence-electron chi connectivity index (χ2n) is 6.72. The first kappa shape index (κ1) is 19.5. The molecule has 6 heteroatoms. The van der Waals surface area contributed by atoms with Gasteiger partial charge >= 0.3 is 6.03 Å². The summed E-state index contributed by atoms with van der Waals surface area (Å²) in [7, 11) is 0. The first-order valence-corrected chi connectivity index (χ1v) is 9.87. The normalized spacial score (nSPS) is 14.8. The Balaban J connectivity index is 1.27. The fourth-order valence-corrected chi connectivity index (χ4v) is 3.36. The molecule has 1 aliphatic heterocycles. The van der Waals surface area contributed by atoms with Gasteiger partial charge in [0.2, 0.25) is 0 Å². The molecule has 144 valence electrons. The number of halogens is 1. The predicted molar refractivity (Wildman–Crippen MR) is 112 cm³/mol. The van der Waals surface area contributed by atoms with Crippen molar-refractivity contribution in [2.45, 2.75) is 6.42 Å². The smallest absolute Gasteiger partial charge is 0.314 e. The van der Waals surface area contributed by atoms with E-state index in [0.717, 1.165) is 44.2 Å². The van der Waals surface area contributed by atoms with Crippen molar-refractivity contribution >= 4 is 23.3 Å². The van der Waals surface area contributed by atoms with Gasteiger partial charge in [0.15, 0.2) is 0 Å². The van der Waals surface area contributed by atoms with Crippen molar-refractivity contribution in [3.05, 3.63) is 65.2 Å². The van der Waals surface area contributed by atoms with Gasteiger partial charge in [0.05, 0.1) is 0 Å². The minimum atomic E-state index is -0.0919. The Morgan fingerprint density at radius 3 is 2.26 bits per heavy atom. The Bertz CT molecular complexity index is 700. The molecule has 2 aromatic rings. The van der Waals surface area contributed by atoms with E-state index in [2.05, 4.69) is 44.7 Å². The first-order chi connectivity index (χ1) is 13.2. The van der Waals surface area contributed by atoms with Gasteiger partial charge < -0.3 is 15.5 Å². The van der Waals surface area contributed by atoms with E-state index in [0.29, 0.717) is 13.1 Å². The third kappa shape index (κ3) is 6.45. The molecule has 0 saturated carbocycles. The second-order valence-corrected chi connectivity index (χ2v) is 7.16. The molecule has 1 fully saturated rings. The maximum atomic E-state index is 11.9. The van der Waals surface area contributed by atoms with E-state index < -0.39 is 0 Å². The molecule has 0 radical (unpaired) electrons. The monoisotopic (exact) mass is 386 g/mol. The molecule has 0 bridgehead atoms. The molecule has 3 rings (SSSR count). The zero-order chi connectivity index (χ0) is 18.9. The molecule has 0 unspecified atom stereocenters. The molecule has 2 N–H and O–H groups in total. The zero-order valence-electron chi connectivity index (χ0n) is 15.5. The zero-order valence-corrected chi connectivity index (χ0v) is 16.3. The van der Waals surface area contributed by atoms with Crippen molar-refractivity contribution in [1.82, 2.24) is 15.5 Å². The minimum Gasteiger partial charge on any atom is -0.369 e. The molecule has 0 aliphatic carbocycles. The van der Waals surface area contributed by atoms with Crippen LogP contribution in [0.5, 0.6) is 0 Å².